The SMILES string of the molecule is Cc1cc(C(=O)NCC2CCC(c3ccnc4ccc(F)cc34)CC2)c(-c2ccccc2F)[nH]1. The number of hydrogen-bond donors (Lipinski definition) is 2. The molecule has 174 valence electrons. The number of aromatic amines is 1. The molecule has 6 heteroatoms. The zero-order valence-electron chi connectivity index (χ0n) is 19.1. The molecular weight excluding hydrogens is 432 g/mol. The first-order valence-electron chi connectivity index (χ1n) is 11.8. The van der Waals surface area contributed by atoms with Crippen LogP contribution in [-0.2, 0) is 0 Å². The summed E-state index contributed by atoms with van der Waals surface area (Å²) in [6.07, 6.45) is 5.74. The summed E-state index contributed by atoms with van der Waals surface area (Å²) in [5, 5.41) is 3.95. The van der Waals surface area contributed by atoms with Gasteiger partial charge in [0.05, 0.1) is 16.8 Å². The van der Waals surface area contributed by atoms with E-state index in [2.05, 4.69) is 15.3 Å². The predicted molar refractivity (Wildman–Crippen MR) is 130 cm³/mol. The molecule has 0 saturated heterocycles. The maximum atomic E-state index is 14.3. The molecule has 2 aromatic heterocycles. The maximum absolute atomic E-state index is 14.3. The van der Waals surface area contributed by atoms with Crippen LogP contribution in [0.15, 0.2) is 60.8 Å². The van der Waals surface area contributed by atoms with Gasteiger partial charge >= 0.3 is 0 Å². The van der Waals surface area contributed by atoms with Crippen LogP contribution in [0.5, 0.6) is 0 Å². The fourth-order valence-corrected chi connectivity index (χ4v) is 5.15. The zero-order chi connectivity index (χ0) is 23.7. The number of nitrogens with one attached hydrogen (secondary N) is 2. The number of hydrogen-bond acceptors (Lipinski definition) is 2. The summed E-state index contributed by atoms with van der Waals surface area (Å²) in [7, 11) is 0. The molecule has 1 aliphatic rings. The molecule has 0 unspecified atom stereocenters. The summed E-state index contributed by atoms with van der Waals surface area (Å²) < 4.78 is 28.2. The topological polar surface area (TPSA) is 57.8 Å². The van der Waals surface area contributed by atoms with Gasteiger partial charge in [0.15, 0.2) is 0 Å². The van der Waals surface area contributed by atoms with E-state index in [0.29, 0.717) is 35.2 Å². The van der Waals surface area contributed by atoms with Crippen molar-refractivity contribution in [3.63, 3.8) is 0 Å². The average molecular weight is 460 g/mol. The normalized spacial score (nSPS) is 18.2. The van der Waals surface area contributed by atoms with Crippen molar-refractivity contribution in [1.29, 1.82) is 0 Å². The van der Waals surface area contributed by atoms with Crippen LogP contribution in [0.3, 0.4) is 0 Å². The Labute approximate surface area is 197 Å². The minimum absolute atomic E-state index is 0.194. The second-order valence-corrected chi connectivity index (χ2v) is 9.21. The second kappa shape index (κ2) is 9.37. The van der Waals surface area contributed by atoms with Crippen molar-refractivity contribution in [3.8, 4) is 11.3 Å². The van der Waals surface area contributed by atoms with Crippen LogP contribution in [0.4, 0.5) is 8.78 Å². The smallest absolute Gasteiger partial charge is 0.253 e. The molecule has 1 saturated carbocycles. The third kappa shape index (κ3) is 4.45. The highest BCUT2D eigenvalue weighted by Gasteiger charge is 2.25. The lowest BCUT2D eigenvalue weighted by Gasteiger charge is -2.29. The van der Waals surface area contributed by atoms with Crippen molar-refractivity contribution in [1.82, 2.24) is 15.3 Å². The van der Waals surface area contributed by atoms with Crippen molar-refractivity contribution < 1.29 is 13.6 Å². The Morgan fingerprint density at radius 2 is 1.85 bits per heavy atom. The third-order valence-electron chi connectivity index (χ3n) is 6.92. The summed E-state index contributed by atoms with van der Waals surface area (Å²) in [6.45, 7) is 2.44. The molecule has 1 amide bonds. The van der Waals surface area contributed by atoms with Crippen LogP contribution in [0.2, 0.25) is 0 Å². The van der Waals surface area contributed by atoms with Gasteiger partial charge in [0, 0.05) is 29.4 Å². The zero-order valence-corrected chi connectivity index (χ0v) is 19.1. The highest BCUT2D eigenvalue weighted by Crippen LogP contribution is 2.38. The van der Waals surface area contributed by atoms with Crippen molar-refractivity contribution in [2.24, 2.45) is 5.92 Å². The number of fused-ring (bicyclic) bond motifs is 1. The van der Waals surface area contributed by atoms with Gasteiger partial charge in [0.2, 0.25) is 0 Å². The summed E-state index contributed by atoms with van der Waals surface area (Å²) in [4.78, 5) is 20.5. The first-order valence-corrected chi connectivity index (χ1v) is 11.8. The number of carbonyl (C=O) groups excluding carboxylic acids is 1. The van der Waals surface area contributed by atoms with Gasteiger partial charge in [-0.25, -0.2) is 8.78 Å². The molecule has 2 aromatic carbocycles. The molecular formula is C28H27F2N3O. The average Bonchev–Trinajstić information content (AvgIpc) is 3.24. The minimum Gasteiger partial charge on any atom is -0.358 e. The van der Waals surface area contributed by atoms with Crippen LogP contribution in [0.25, 0.3) is 22.2 Å². The van der Waals surface area contributed by atoms with E-state index in [9.17, 15) is 13.6 Å². The van der Waals surface area contributed by atoms with Gasteiger partial charge in [-0.3, -0.25) is 9.78 Å². The molecule has 0 radical (unpaired) electrons. The lowest BCUT2D eigenvalue weighted by Crippen LogP contribution is -2.31. The largest absolute Gasteiger partial charge is 0.358 e. The number of benzene rings is 2. The van der Waals surface area contributed by atoms with Crippen molar-refractivity contribution in [2.75, 3.05) is 6.54 Å². The summed E-state index contributed by atoms with van der Waals surface area (Å²) in [6, 6.07) is 15.0. The van der Waals surface area contributed by atoms with E-state index in [1.165, 1.54) is 12.1 Å². The standard InChI is InChI=1S/C28H27F2N3O/c1-17-14-24(27(33-17)22-4-2-3-5-25(22)30)28(34)32-16-18-6-8-19(9-7-18)21-12-13-31-26-11-10-20(29)15-23(21)26/h2-5,10-15,18-19,33H,6-9,16H2,1H3,(H,32,34). The molecule has 2 N–H and O–H groups in total. The molecule has 2 heterocycles. The Kier molecular flexibility index (Phi) is 6.14. The predicted octanol–water partition coefficient (Wildman–Crippen LogP) is 6.52. The molecule has 0 atom stereocenters. The number of nitrogens with zero attached hydrogens (tertiary/aromatic N) is 1. The van der Waals surface area contributed by atoms with Gasteiger partial charge < -0.3 is 10.3 Å². The quantitative estimate of drug-likeness (QED) is 0.357. The fourth-order valence-electron chi connectivity index (χ4n) is 5.15. The van der Waals surface area contributed by atoms with E-state index in [-0.39, 0.29) is 17.5 Å². The lowest BCUT2D eigenvalue weighted by molar-refractivity contribution is 0.0943. The highest BCUT2D eigenvalue weighted by molar-refractivity contribution is 6.00. The number of amides is 1. The fraction of sp³-hybridized carbons (Fsp3) is 0.286. The number of halogens is 2. The monoisotopic (exact) mass is 459 g/mol. The minimum atomic E-state index is -0.361. The Bertz CT molecular complexity index is 1340. The second-order valence-electron chi connectivity index (χ2n) is 9.21. The Balaban J connectivity index is 1.23. The van der Waals surface area contributed by atoms with E-state index in [0.717, 1.165) is 47.8 Å². The van der Waals surface area contributed by atoms with Crippen molar-refractivity contribution in [3.05, 3.63) is 89.2 Å². The summed E-state index contributed by atoms with van der Waals surface area (Å²) >= 11 is 0. The molecule has 5 rings (SSSR count). The van der Waals surface area contributed by atoms with Crippen molar-refractivity contribution in [2.45, 2.75) is 38.5 Å². The number of H-pyrrole nitrogens is 1. The Morgan fingerprint density at radius 3 is 2.65 bits per heavy atom. The number of aryl methyl sites for hydroxylation is 1. The lowest BCUT2D eigenvalue weighted by atomic mass is 9.78. The van der Waals surface area contributed by atoms with E-state index >= 15 is 0 Å². The van der Waals surface area contributed by atoms with Crippen LogP contribution < -0.4 is 5.32 Å². The van der Waals surface area contributed by atoms with E-state index in [4.69, 9.17) is 0 Å². The van der Waals surface area contributed by atoms with Crippen LogP contribution in [-0.4, -0.2) is 22.4 Å². The molecule has 0 spiro atoms. The molecule has 0 aliphatic heterocycles. The van der Waals surface area contributed by atoms with E-state index in [1.54, 1.807) is 42.6 Å². The molecule has 4 nitrogen and oxygen atoms in total. The number of carbonyl (C=O) groups is 1. The third-order valence-corrected chi connectivity index (χ3v) is 6.92. The van der Waals surface area contributed by atoms with E-state index in [1.807, 2.05) is 13.0 Å². The van der Waals surface area contributed by atoms with Crippen LogP contribution in [0, 0.1) is 24.5 Å². The first-order chi connectivity index (χ1) is 16.5. The van der Waals surface area contributed by atoms with E-state index < -0.39 is 0 Å². The molecule has 0 bridgehead atoms. The number of rotatable bonds is 5. The molecule has 1 fully saturated rings. The summed E-state index contributed by atoms with van der Waals surface area (Å²) in [5.41, 5.74) is 4.15. The molecule has 4 aromatic rings. The molecule has 34 heavy (non-hydrogen) atoms. The van der Waals surface area contributed by atoms with Gasteiger partial charge in [-0.05, 0) is 92.5 Å². The van der Waals surface area contributed by atoms with Gasteiger partial charge in [-0.2, -0.15) is 0 Å². The van der Waals surface area contributed by atoms with Gasteiger partial charge in [0.1, 0.15) is 11.6 Å². The number of pyridine rings is 1. The summed E-state index contributed by atoms with van der Waals surface area (Å²) in [5.74, 6) is -0.0605. The molecule has 1 aliphatic carbocycles. The van der Waals surface area contributed by atoms with Gasteiger partial charge in [0.25, 0.3) is 5.91 Å². The Morgan fingerprint density at radius 1 is 1.06 bits per heavy atom. The van der Waals surface area contributed by atoms with Crippen molar-refractivity contribution >= 4 is 16.8 Å². The maximum Gasteiger partial charge on any atom is 0.253 e. The number of aromatic nitrogens is 2. The van der Waals surface area contributed by atoms with Crippen LogP contribution in [0.1, 0.15) is 53.2 Å². The first kappa shape index (κ1) is 22.3. The van der Waals surface area contributed by atoms with Crippen LogP contribution >= 0.6 is 0 Å². The van der Waals surface area contributed by atoms with Gasteiger partial charge in [-0.1, -0.05) is 12.1 Å². The Hall–Kier alpha value is -3.54. The highest BCUT2D eigenvalue weighted by atomic mass is 19.1. The van der Waals surface area contributed by atoms with Gasteiger partial charge in [-0.15, -0.1) is 0 Å².